The second-order valence-corrected chi connectivity index (χ2v) is 8.37. The van der Waals surface area contributed by atoms with E-state index in [1.54, 1.807) is 6.07 Å². The highest BCUT2D eigenvalue weighted by molar-refractivity contribution is 7.92. The summed E-state index contributed by atoms with van der Waals surface area (Å²) < 4.78 is 40.5. The van der Waals surface area contributed by atoms with Crippen LogP contribution in [0, 0.1) is 11.7 Å². The van der Waals surface area contributed by atoms with Gasteiger partial charge in [-0.25, -0.2) is 12.8 Å². The fourth-order valence-electron chi connectivity index (χ4n) is 3.02. The van der Waals surface area contributed by atoms with Crippen molar-refractivity contribution in [2.75, 3.05) is 17.8 Å². The van der Waals surface area contributed by atoms with Crippen molar-refractivity contribution in [1.29, 1.82) is 0 Å². The third-order valence-corrected chi connectivity index (χ3v) is 5.98. The van der Waals surface area contributed by atoms with E-state index in [1.807, 2.05) is 0 Å². The van der Waals surface area contributed by atoms with Crippen molar-refractivity contribution in [2.45, 2.75) is 24.3 Å². The van der Waals surface area contributed by atoms with Gasteiger partial charge in [0.2, 0.25) is 0 Å². The highest BCUT2D eigenvalue weighted by atomic mass is 32.2. The summed E-state index contributed by atoms with van der Waals surface area (Å²) in [5.41, 5.74) is 0.525. The topological polar surface area (TPSA) is 87.3 Å². The fourth-order valence-corrected chi connectivity index (χ4v) is 4.12. The number of rotatable bonds is 5. The standard InChI is InChI=1S/C19H22FN3O3S/c1-13-12-21-10-9-18(13)22-19(24)14-3-2-4-17(11-14)27(25,26)23-16-7-5-15(20)6-8-16/h2-8,11,13,18,21,23H,9-10,12H2,1H3,(H,22,24). The second-order valence-electron chi connectivity index (χ2n) is 6.69. The normalized spacial score (nSPS) is 20.1. The van der Waals surface area contributed by atoms with Crippen molar-refractivity contribution in [3.05, 3.63) is 59.9 Å². The van der Waals surface area contributed by atoms with E-state index in [9.17, 15) is 17.6 Å². The molecule has 3 N–H and O–H groups in total. The number of carbonyl (C=O) groups is 1. The first-order valence-electron chi connectivity index (χ1n) is 8.75. The highest BCUT2D eigenvalue weighted by Gasteiger charge is 2.24. The Kier molecular flexibility index (Phi) is 5.76. The lowest BCUT2D eigenvalue weighted by atomic mass is 9.95. The molecule has 2 aromatic rings. The van der Waals surface area contributed by atoms with Gasteiger partial charge in [-0.1, -0.05) is 13.0 Å². The lowest BCUT2D eigenvalue weighted by molar-refractivity contribution is 0.0914. The van der Waals surface area contributed by atoms with Crippen LogP contribution in [0.15, 0.2) is 53.4 Å². The van der Waals surface area contributed by atoms with E-state index in [1.165, 1.54) is 42.5 Å². The van der Waals surface area contributed by atoms with Crippen LogP contribution in [0.2, 0.25) is 0 Å². The summed E-state index contributed by atoms with van der Waals surface area (Å²) in [6.07, 6.45) is 0.830. The Morgan fingerprint density at radius 2 is 1.93 bits per heavy atom. The van der Waals surface area contributed by atoms with Crippen molar-refractivity contribution in [3.63, 3.8) is 0 Å². The van der Waals surface area contributed by atoms with E-state index in [4.69, 9.17) is 0 Å². The number of halogens is 1. The zero-order valence-corrected chi connectivity index (χ0v) is 15.7. The van der Waals surface area contributed by atoms with Crippen LogP contribution in [-0.2, 0) is 10.0 Å². The molecule has 0 radical (unpaired) electrons. The van der Waals surface area contributed by atoms with Crippen molar-refractivity contribution >= 4 is 21.6 Å². The molecule has 1 fully saturated rings. The minimum Gasteiger partial charge on any atom is -0.349 e. The van der Waals surface area contributed by atoms with Gasteiger partial charge >= 0.3 is 0 Å². The summed E-state index contributed by atoms with van der Waals surface area (Å²) in [4.78, 5) is 12.5. The van der Waals surface area contributed by atoms with Crippen LogP contribution in [0.25, 0.3) is 0 Å². The Morgan fingerprint density at radius 3 is 2.63 bits per heavy atom. The van der Waals surface area contributed by atoms with Gasteiger partial charge in [-0.05, 0) is 67.9 Å². The molecule has 27 heavy (non-hydrogen) atoms. The monoisotopic (exact) mass is 391 g/mol. The molecular formula is C19H22FN3O3S. The van der Waals surface area contributed by atoms with Gasteiger partial charge in [-0.15, -0.1) is 0 Å². The molecule has 1 saturated heterocycles. The highest BCUT2D eigenvalue weighted by Crippen LogP contribution is 2.18. The largest absolute Gasteiger partial charge is 0.349 e. The van der Waals surface area contributed by atoms with Gasteiger partial charge in [0.15, 0.2) is 0 Å². The maximum absolute atomic E-state index is 13.0. The number of nitrogens with one attached hydrogen (secondary N) is 3. The molecular weight excluding hydrogens is 369 g/mol. The first kappa shape index (κ1) is 19.3. The van der Waals surface area contributed by atoms with Gasteiger partial charge < -0.3 is 10.6 Å². The molecule has 1 aliphatic rings. The Labute approximate surface area is 158 Å². The molecule has 6 nitrogen and oxygen atoms in total. The summed E-state index contributed by atoms with van der Waals surface area (Å²) >= 11 is 0. The third-order valence-electron chi connectivity index (χ3n) is 4.60. The van der Waals surface area contributed by atoms with Gasteiger partial charge in [0.1, 0.15) is 5.82 Å². The zero-order chi connectivity index (χ0) is 19.4. The maximum Gasteiger partial charge on any atom is 0.261 e. The predicted molar refractivity (Wildman–Crippen MR) is 102 cm³/mol. The van der Waals surface area contributed by atoms with Crippen molar-refractivity contribution in [1.82, 2.24) is 10.6 Å². The van der Waals surface area contributed by atoms with Crippen LogP contribution in [-0.4, -0.2) is 33.5 Å². The lowest BCUT2D eigenvalue weighted by Crippen LogP contribution is -2.48. The molecule has 1 amide bonds. The van der Waals surface area contributed by atoms with Crippen LogP contribution in [0.4, 0.5) is 10.1 Å². The first-order valence-corrected chi connectivity index (χ1v) is 10.2. The first-order chi connectivity index (χ1) is 12.8. The molecule has 0 bridgehead atoms. The molecule has 0 spiro atoms. The number of hydrogen-bond donors (Lipinski definition) is 3. The number of hydrogen-bond acceptors (Lipinski definition) is 4. The minimum atomic E-state index is -3.89. The number of piperidine rings is 1. The number of sulfonamides is 1. The van der Waals surface area contributed by atoms with Crippen molar-refractivity contribution in [2.24, 2.45) is 5.92 Å². The van der Waals surface area contributed by atoms with Gasteiger partial charge in [0.25, 0.3) is 15.9 Å². The average molecular weight is 391 g/mol. The molecule has 144 valence electrons. The summed E-state index contributed by atoms with van der Waals surface area (Å²) in [5.74, 6) is -0.453. The van der Waals surface area contributed by atoms with Crippen LogP contribution < -0.4 is 15.4 Å². The maximum atomic E-state index is 13.0. The van der Waals surface area contributed by atoms with Crippen LogP contribution in [0.3, 0.4) is 0 Å². The lowest BCUT2D eigenvalue weighted by Gasteiger charge is -2.30. The molecule has 2 aromatic carbocycles. The number of benzene rings is 2. The fraction of sp³-hybridized carbons (Fsp3) is 0.316. The summed E-state index contributed by atoms with van der Waals surface area (Å²) in [7, 11) is -3.89. The van der Waals surface area contributed by atoms with Gasteiger partial charge in [0, 0.05) is 17.3 Å². The SMILES string of the molecule is CC1CNCCC1NC(=O)c1cccc(S(=O)(=O)Nc2ccc(F)cc2)c1. The van der Waals surface area contributed by atoms with E-state index in [-0.39, 0.29) is 28.1 Å². The molecule has 2 atom stereocenters. The van der Waals surface area contributed by atoms with Crippen LogP contribution in [0.1, 0.15) is 23.7 Å². The number of carbonyl (C=O) groups excluding carboxylic acids is 1. The average Bonchev–Trinajstić information content (AvgIpc) is 2.65. The molecule has 2 unspecified atom stereocenters. The molecule has 0 aliphatic carbocycles. The molecule has 1 heterocycles. The molecule has 3 rings (SSSR count). The Hall–Kier alpha value is -2.45. The minimum absolute atomic E-state index is 0.0298. The predicted octanol–water partition coefficient (Wildman–Crippen LogP) is 2.35. The molecule has 0 aromatic heterocycles. The number of anilines is 1. The summed E-state index contributed by atoms with van der Waals surface area (Å²) in [6, 6.07) is 10.9. The smallest absolute Gasteiger partial charge is 0.261 e. The van der Waals surface area contributed by atoms with Gasteiger partial charge in [0.05, 0.1) is 4.90 Å². The Balaban J connectivity index is 1.75. The number of amides is 1. The van der Waals surface area contributed by atoms with E-state index in [0.29, 0.717) is 5.92 Å². The zero-order valence-electron chi connectivity index (χ0n) is 14.9. The molecule has 1 aliphatic heterocycles. The third kappa shape index (κ3) is 4.84. The van der Waals surface area contributed by atoms with E-state index in [2.05, 4.69) is 22.3 Å². The molecule has 8 heteroatoms. The van der Waals surface area contributed by atoms with Gasteiger partial charge in [-0.2, -0.15) is 0 Å². The summed E-state index contributed by atoms with van der Waals surface area (Å²) in [5, 5.41) is 6.25. The quantitative estimate of drug-likeness (QED) is 0.730. The van der Waals surface area contributed by atoms with E-state index in [0.717, 1.165) is 19.5 Å². The van der Waals surface area contributed by atoms with E-state index < -0.39 is 15.8 Å². The molecule has 0 saturated carbocycles. The Bertz CT molecular complexity index is 916. The Morgan fingerprint density at radius 1 is 1.19 bits per heavy atom. The van der Waals surface area contributed by atoms with Crippen molar-refractivity contribution < 1.29 is 17.6 Å². The second kappa shape index (κ2) is 8.06. The van der Waals surface area contributed by atoms with Crippen LogP contribution >= 0.6 is 0 Å². The van der Waals surface area contributed by atoms with Crippen molar-refractivity contribution in [3.8, 4) is 0 Å². The van der Waals surface area contributed by atoms with Gasteiger partial charge in [-0.3, -0.25) is 9.52 Å². The van der Waals surface area contributed by atoms with E-state index >= 15 is 0 Å². The van der Waals surface area contributed by atoms with Crippen LogP contribution in [0.5, 0.6) is 0 Å². The summed E-state index contributed by atoms with van der Waals surface area (Å²) in [6.45, 7) is 3.73.